The molecule has 3 aromatic carbocycles. The van der Waals surface area contributed by atoms with E-state index in [2.05, 4.69) is 58.2 Å². The number of aliphatic hydroxyl groups excluding tert-OH is 1. The second-order valence-corrected chi connectivity index (χ2v) is 14.0. The van der Waals surface area contributed by atoms with Gasteiger partial charge in [0.25, 0.3) is 0 Å². The zero-order valence-electron chi connectivity index (χ0n) is 29.1. The van der Waals surface area contributed by atoms with Crippen LogP contribution in [0.25, 0.3) is 44.6 Å². The molecule has 2 fully saturated rings. The van der Waals surface area contributed by atoms with Crippen LogP contribution in [0, 0.1) is 31.1 Å². The average Bonchev–Trinajstić information content (AvgIpc) is 3.89. The standard InChI is InChI=1S/C41H39N7O4/c1-24-32(5-3-7-34(24)40-46-36-17-26(15-30(18-42)38(36)52-40)20-48-14-11-31(49)23-48)33-6-4-8-35(25(33)2)45-39-37-28(9-12-43-39)16-27(19-44-37)21-47-13-10-29(22-47)41(50)51/h3-9,12,15-17,19,29,31,49H,10-11,13-14,20-23H2,1-2H3,(H,43,45)(H,50,51)/t29-,31-/m1/s1. The molecule has 2 atom stereocenters. The second kappa shape index (κ2) is 13.8. The Morgan fingerprint density at radius 1 is 0.942 bits per heavy atom. The molecule has 2 aliphatic rings. The van der Waals surface area contributed by atoms with E-state index in [-0.39, 0.29) is 12.0 Å². The van der Waals surface area contributed by atoms with E-state index >= 15 is 0 Å². The van der Waals surface area contributed by atoms with Crippen molar-refractivity contribution in [2.45, 2.75) is 45.9 Å². The zero-order valence-corrected chi connectivity index (χ0v) is 29.1. The number of aliphatic hydroxyl groups is 1. The van der Waals surface area contributed by atoms with Crippen LogP contribution >= 0.6 is 0 Å². The van der Waals surface area contributed by atoms with Crippen LogP contribution in [0.15, 0.2) is 77.5 Å². The third-order valence-corrected chi connectivity index (χ3v) is 10.4. The molecule has 11 heteroatoms. The van der Waals surface area contributed by atoms with E-state index in [0.717, 1.165) is 75.0 Å². The minimum atomic E-state index is -0.730. The molecule has 5 heterocycles. The third kappa shape index (κ3) is 6.48. The van der Waals surface area contributed by atoms with Crippen molar-refractivity contribution in [1.29, 1.82) is 5.26 Å². The summed E-state index contributed by atoms with van der Waals surface area (Å²) in [6, 6.07) is 22.4. The van der Waals surface area contributed by atoms with E-state index in [1.807, 2.05) is 48.7 Å². The highest BCUT2D eigenvalue weighted by atomic mass is 16.4. The molecule has 2 aliphatic heterocycles. The number of aliphatic carboxylic acids is 1. The molecule has 262 valence electrons. The van der Waals surface area contributed by atoms with Crippen molar-refractivity contribution in [3.63, 3.8) is 0 Å². The van der Waals surface area contributed by atoms with Gasteiger partial charge in [0.15, 0.2) is 11.4 Å². The second-order valence-electron chi connectivity index (χ2n) is 14.0. The van der Waals surface area contributed by atoms with Crippen molar-refractivity contribution in [1.82, 2.24) is 24.8 Å². The number of nitrogens with zero attached hydrogens (tertiary/aromatic N) is 6. The number of carbonyl (C=O) groups is 1. The van der Waals surface area contributed by atoms with Gasteiger partial charge in [0.05, 0.1) is 17.6 Å². The van der Waals surface area contributed by atoms with Gasteiger partial charge in [-0.15, -0.1) is 0 Å². The summed E-state index contributed by atoms with van der Waals surface area (Å²) in [4.78, 5) is 30.1. The van der Waals surface area contributed by atoms with Crippen LogP contribution in [0.4, 0.5) is 11.5 Å². The molecule has 0 amide bonds. The van der Waals surface area contributed by atoms with Crippen LogP contribution < -0.4 is 5.32 Å². The third-order valence-electron chi connectivity index (χ3n) is 10.4. The predicted molar refractivity (Wildman–Crippen MR) is 199 cm³/mol. The summed E-state index contributed by atoms with van der Waals surface area (Å²) < 4.78 is 6.28. The number of carboxylic acid groups (broad SMARTS) is 1. The van der Waals surface area contributed by atoms with Crippen molar-refractivity contribution in [2.75, 3.05) is 31.5 Å². The minimum absolute atomic E-state index is 0.308. The lowest BCUT2D eigenvalue weighted by Gasteiger charge is -2.17. The average molecular weight is 694 g/mol. The van der Waals surface area contributed by atoms with Gasteiger partial charge in [-0.05, 0) is 103 Å². The number of nitriles is 1. The Bertz CT molecular complexity index is 2380. The number of rotatable bonds is 9. The summed E-state index contributed by atoms with van der Waals surface area (Å²) in [5, 5.41) is 33.8. The molecule has 0 aliphatic carbocycles. The van der Waals surface area contributed by atoms with Gasteiger partial charge >= 0.3 is 5.97 Å². The Morgan fingerprint density at radius 3 is 2.46 bits per heavy atom. The normalized spacial score (nSPS) is 18.0. The number of carboxylic acids is 1. The molecule has 3 aromatic heterocycles. The molecule has 8 rings (SSSR count). The first-order valence-electron chi connectivity index (χ1n) is 17.6. The van der Waals surface area contributed by atoms with Crippen LogP contribution in [-0.2, 0) is 17.9 Å². The first-order valence-corrected chi connectivity index (χ1v) is 17.6. The topological polar surface area (TPSA) is 152 Å². The first-order chi connectivity index (χ1) is 25.2. The van der Waals surface area contributed by atoms with Gasteiger partial charge in [-0.2, -0.15) is 5.26 Å². The van der Waals surface area contributed by atoms with Gasteiger partial charge in [0.2, 0.25) is 5.89 Å². The van der Waals surface area contributed by atoms with Gasteiger partial charge in [0, 0.05) is 61.8 Å². The summed E-state index contributed by atoms with van der Waals surface area (Å²) in [6.45, 7) is 8.21. The van der Waals surface area contributed by atoms with Crippen LogP contribution in [0.3, 0.4) is 0 Å². The Labute approximate surface area is 301 Å². The monoisotopic (exact) mass is 693 g/mol. The molecule has 2 saturated heterocycles. The van der Waals surface area contributed by atoms with Crippen LogP contribution in [-0.4, -0.2) is 73.2 Å². The first kappa shape index (κ1) is 33.5. The highest BCUT2D eigenvalue weighted by Crippen LogP contribution is 2.38. The van der Waals surface area contributed by atoms with Gasteiger partial charge in [-0.25, -0.2) is 9.97 Å². The molecular formula is C41H39N7O4. The summed E-state index contributed by atoms with van der Waals surface area (Å²) >= 11 is 0. The van der Waals surface area contributed by atoms with Gasteiger partial charge in [0.1, 0.15) is 17.1 Å². The lowest BCUT2D eigenvalue weighted by molar-refractivity contribution is -0.141. The van der Waals surface area contributed by atoms with E-state index < -0.39 is 5.97 Å². The summed E-state index contributed by atoms with van der Waals surface area (Å²) in [7, 11) is 0. The van der Waals surface area contributed by atoms with Crippen molar-refractivity contribution in [3.8, 4) is 28.7 Å². The minimum Gasteiger partial charge on any atom is -0.481 e. The number of fused-ring (bicyclic) bond motifs is 2. The Morgan fingerprint density at radius 2 is 1.69 bits per heavy atom. The molecule has 6 aromatic rings. The van der Waals surface area contributed by atoms with Crippen molar-refractivity contribution < 1.29 is 19.4 Å². The van der Waals surface area contributed by atoms with Crippen LogP contribution in [0.5, 0.6) is 0 Å². The maximum absolute atomic E-state index is 11.4. The molecule has 0 bridgehead atoms. The SMILES string of the molecule is Cc1c(Nc2nccc3cc(CN4CC[C@@H](C(=O)O)C4)cnc23)cccc1-c1cccc(-c2nc3cc(CN4CC[C@@H](O)C4)cc(C#N)c3o2)c1C. The summed E-state index contributed by atoms with van der Waals surface area (Å²) in [5.41, 5.74) is 10.2. The molecule has 0 radical (unpaired) electrons. The highest BCUT2D eigenvalue weighted by molar-refractivity contribution is 5.91. The summed E-state index contributed by atoms with van der Waals surface area (Å²) in [6.07, 6.45) is 4.75. The fraction of sp³-hybridized carbons (Fsp3) is 0.293. The van der Waals surface area contributed by atoms with E-state index in [4.69, 9.17) is 14.4 Å². The molecule has 0 saturated carbocycles. The van der Waals surface area contributed by atoms with Crippen molar-refractivity contribution in [2.24, 2.45) is 5.92 Å². The largest absolute Gasteiger partial charge is 0.481 e. The van der Waals surface area contributed by atoms with Gasteiger partial charge in [-0.3, -0.25) is 19.6 Å². The Hall–Kier alpha value is -5.67. The summed E-state index contributed by atoms with van der Waals surface area (Å²) in [5.74, 6) is 0.0751. The van der Waals surface area contributed by atoms with Crippen molar-refractivity contribution in [3.05, 3.63) is 101 Å². The number of likely N-dealkylation sites (tertiary alicyclic amines) is 2. The molecule has 11 nitrogen and oxygen atoms in total. The van der Waals surface area contributed by atoms with Gasteiger partial charge in [-0.1, -0.05) is 24.3 Å². The van der Waals surface area contributed by atoms with E-state index in [0.29, 0.717) is 61.0 Å². The molecule has 0 spiro atoms. The van der Waals surface area contributed by atoms with Gasteiger partial charge < -0.3 is 19.9 Å². The lowest BCUT2D eigenvalue weighted by Crippen LogP contribution is -2.22. The Kier molecular flexibility index (Phi) is 8.89. The maximum atomic E-state index is 11.4. The number of anilines is 2. The predicted octanol–water partition coefficient (Wildman–Crippen LogP) is 6.81. The zero-order chi connectivity index (χ0) is 35.9. The van der Waals surface area contributed by atoms with Crippen LogP contribution in [0.1, 0.15) is 40.7 Å². The quantitative estimate of drug-likeness (QED) is 0.146. The number of pyridine rings is 2. The number of benzene rings is 3. The number of aromatic nitrogens is 3. The molecule has 52 heavy (non-hydrogen) atoms. The number of hydrogen-bond donors (Lipinski definition) is 3. The van der Waals surface area contributed by atoms with E-state index in [9.17, 15) is 20.3 Å². The number of nitrogens with one attached hydrogen (secondary N) is 1. The highest BCUT2D eigenvalue weighted by Gasteiger charge is 2.28. The number of hydrogen-bond acceptors (Lipinski definition) is 10. The molecule has 3 N–H and O–H groups in total. The van der Waals surface area contributed by atoms with E-state index in [1.54, 1.807) is 6.20 Å². The fourth-order valence-electron chi connectivity index (χ4n) is 7.66. The number of oxazole rings is 1. The van der Waals surface area contributed by atoms with E-state index in [1.165, 1.54) is 0 Å². The maximum Gasteiger partial charge on any atom is 0.307 e. The van der Waals surface area contributed by atoms with Crippen LogP contribution in [0.2, 0.25) is 0 Å². The lowest BCUT2D eigenvalue weighted by atomic mass is 9.93. The number of β-amino-alcohol motifs (C(OH)–C–C–N with tert-alkyl or cyclic N) is 1. The Balaban J connectivity index is 1.06. The van der Waals surface area contributed by atoms with Crippen molar-refractivity contribution >= 4 is 39.5 Å². The molecule has 0 unspecified atom stereocenters. The molecular weight excluding hydrogens is 654 g/mol. The fourth-order valence-corrected chi connectivity index (χ4v) is 7.66. The smallest absolute Gasteiger partial charge is 0.307 e.